The van der Waals surface area contributed by atoms with Gasteiger partial charge in [0.25, 0.3) is 0 Å². The number of hydrogen-bond acceptors (Lipinski definition) is 1. The summed E-state index contributed by atoms with van der Waals surface area (Å²) < 4.78 is 0. The van der Waals surface area contributed by atoms with Crippen molar-refractivity contribution < 1.29 is 5.11 Å². The zero-order chi connectivity index (χ0) is 9.03. The Labute approximate surface area is 74.8 Å². The van der Waals surface area contributed by atoms with Gasteiger partial charge in [0.05, 0.1) is 6.61 Å². The molecular formula is C11H18O. The molecule has 1 nitrogen and oxygen atoms in total. The van der Waals surface area contributed by atoms with Crippen LogP contribution in [-0.2, 0) is 0 Å². The number of hydrogen-bond donors (Lipinski definition) is 1. The number of rotatable bonds is 3. The van der Waals surface area contributed by atoms with Crippen LogP contribution in [0.3, 0.4) is 0 Å². The SMILES string of the molecule is C=CCC1(CO)CCCCC1=C. The van der Waals surface area contributed by atoms with Crippen LogP contribution >= 0.6 is 0 Å². The largest absolute Gasteiger partial charge is 0.395 e. The first kappa shape index (κ1) is 9.53. The molecule has 1 rings (SSSR count). The summed E-state index contributed by atoms with van der Waals surface area (Å²) in [5.74, 6) is 0. The van der Waals surface area contributed by atoms with Crippen LogP contribution in [0.5, 0.6) is 0 Å². The molecule has 1 unspecified atom stereocenters. The van der Waals surface area contributed by atoms with Crippen molar-refractivity contribution in [3.63, 3.8) is 0 Å². The van der Waals surface area contributed by atoms with Gasteiger partial charge in [-0.25, -0.2) is 0 Å². The molecule has 12 heavy (non-hydrogen) atoms. The lowest BCUT2D eigenvalue weighted by Gasteiger charge is -2.37. The van der Waals surface area contributed by atoms with Gasteiger partial charge in [0.15, 0.2) is 0 Å². The molecule has 0 aromatic rings. The van der Waals surface area contributed by atoms with Crippen LogP contribution in [0.15, 0.2) is 24.8 Å². The van der Waals surface area contributed by atoms with Crippen LogP contribution in [0, 0.1) is 5.41 Å². The van der Waals surface area contributed by atoms with E-state index in [9.17, 15) is 5.11 Å². The average Bonchev–Trinajstić information content (AvgIpc) is 2.10. The molecule has 1 atom stereocenters. The molecular weight excluding hydrogens is 148 g/mol. The van der Waals surface area contributed by atoms with Crippen LogP contribution in [0.2, 0.25) is 0 Å². The summed E-state index contributed by atoms with van der Waals surface area (Å²) in [5, 5.41) is 9.33. The maximum atomic E-state index is 9.33. The Hall–Kier alpha value is -0.560. The highest BCUT2D eigenvalue weighted by atomic mass is 16.3. The molecule has 1 N–H and O–H groups in total. The molecule has 1 saturated carbocycles. The summed E-state index contributed by atoms with van der Waals surface area (Å²) in [5.41, 5.74) is 1.19. The summed E-state index contributed by atoms with van der Waals surface area (Å²) in [7, 11) is 0. The standard InChI is InChI=1S/C11H18O/c1-3-7-11(9-12)8-5-4-6-10(11)2/h3,12H,1-2,4-9H2. The Morgan fingerprint density at radius 1 is 1.50 bits per heavy atom. The molecule has 1 fully saturated rings. The number of aliphatic hydroxyl groups is 1. The molecule has 0 amide bonds. The smallest absolute Gasteiger partial charge is 0.0527 e. The predicted molar refractivity (Wildman–Crippen MR) is 51.9 cm³/mol. The van der Waals surface area contributed by atoms with E-state index in [1.807, 2.05) is 6.08 Å². The van der Waals surface area contributed by atoms with Crippen molar-refractivity contribution in [2.45, 2.75) is 32.1 Å². The van der Waals surface area contributed by atoms with Crippen LogP contribution in [0.25, 0.3) is 0 Å². The highest BCUT2D eigenvalue weighted by Crippen LogP contribution is 2.42. The molecule has 0 radical (unpaired) electrons. The van der Waals surface area contributed by atoms with E-state index in [-0.39, 0.29) is 12.0 Å². The van der Waals surface area contributed by atoms with Gasteiger partial charge in [-0.05, 0) is 25.7 Å². The van der Waals surface area contributed by atoms with Crippen molar-refractivity contribution in [3.8, 4) is 0 Å². The van der Waals surface area contributed by atoms with E-state index in [2.05, 4.69) is 13.2 Å². The molecule has 0 spiro atoms. The van der Waals surface area contributed by atoms with Crippen molar-refractivity contribution >= 4 is 0 Å². The third-order valence-electron chi connectivity index (χ3n) is 2.97. The van der Waals surface area contributed by atoms with Crippen molar-refractivity contribution in [2.24, 2.45) is 5.41 Å². The van der Waals surface area contributed by atoms with Gasteiger partial charge in [-0.15, -0.1) is 6.58 Å². The van der Waals surface area contributed by atoms with E-state index in [0.717, 1.165) is 19.3 Å². The third-order valence-corrected chi connectivity index (χ3v) is 2.97. The van der Waals surface area contributed by atoms with Gasteiger partial charge < -0.3 is 5.11 Å². The van der Waals surface area contributed by atoms with Gasteiger partial charge in [-0.1, -0.05) is 24.6 Å². The molecule has 0 saturated heterocycles. The van der Waals surface area contributed by atoms with Gasteiger partial charge in [0.2, 0.25) is 0 Å². The maximum Gasteiger partial charge on any atom is 0.0527 e. The topological polar surface area (TPSA) is 20.2 Å². The zero-order valence-corrected chi connectivity index (χ0v) is 7.68. The summed E-state index contributed by atoms with van der Waals surface area (Å²) in [6.45, 7) is 8.01. The van der Waals surface area contributed by atoms with Crippen LogP contribution < -0.4 is 0 Å². The van der Waals surface area contributed by atoms with Crippen molar-refractivity contribution in [1.29, 1.82) is 0 Å². The molecule has 0 heterocycles. The minimum absolute atomic E-state index is 0.0278. The van der Waals surface area contributed by atoms with E-state index in [0.29, 0.717) is 0 Å². The molecule has 0 aliphatic heterocycles. The summed E-state index contributed by atoms with van der Waals surface area (Å²) >= 11 is 0. The highest BCUT2D eigenvalue weighted by Gasteiger charge is 2.32. The van der Waals surface area contributed by atoms with E-state index in [1.165, 1.54) is 18.4 Å². The van der Waals surface area contributed by atoms with Crippen molar-refractivity contribution in [2.75, 3.05) is 6.61 Å². The Morgan fingerprint density at radius 2 is 2.25 bits per heavy atom. The van der Waals surface area contributed by atoms with Crippen LogP contribution in [-0.4, -0.2) is 11.7 Å². The van der Waals surface area contributed by atoms with Gasteiger partial charge in [-0.3, -0.25) is 0 Å². The molecule has 0 aromatic heterocycles. The Balaban J connectivity index is 2.73. The van der Waals surface area contributed by atoms with Crippen LogP contribution in [0.4, 0.5) is 0 Å². The van der Waals surface area contributed by atoms with Gasteiger partial charge in [-0.2, -0.15) is 0 Å². The average molecular weight is 166 g/mol. The second-order valence-electron chi connectivity index (χ2n) is 3.74. The molecule has 1 aliphatic carbocycles. The summed E-state index contributed by atoms with van der Waals surface area (Å²) in [6, 6.07) is 0. The fourth-order valence-corrected chi connectivity index (χ4v) is 2.02. The molecule has 1 aliphatic rings. The Bertz CT molecular complexity index is 183. The second kappa shape index (κ2) is 3.90. The summed E-state index contributed by atoms with van der Waals surface area (Å²) in [6.07, 6.45) is 7.38. The fraction of sp³-hybridized carbons (Fsp3) is 0.636. The maximum absolute atomic E-state index is 9.33. The van der Waals surface area contributed by atoms with Crippen molar-refractivity contribution in [3.05, 3.63) is 24.8 Å². The normalized spacial score (nSPS) is 30.2. The fourth-order valence-electron chi connectivity index (χ4n) is 2.02. The third kappa shape index (κ3) is 1.61. The molecule has 1 heteroatoms. The zero-order valence-electron chi connectivity index (χ0n) is 7.68. The van der Waals surface area contributed by atoms with Gasteiger partial charge in [0, 0.05) is 5.41 Å². The van der Waals surface area contributed by atoms with Crippen molar-refractivity contribution in [1.82, 2.24) is 0 Å². The first-order valence-corrected chi connectivity index (χ1v) is 4.65. The van der Waals surface area contributed by atoms with E-state index in [4.69, 9.17) is 0 Å². The molecule has 0 bridgehead atoms. The summed E-state index contributed by atoms with van der Waals surface area (Å²) in [4.78, 5) is 0. The first-order chi connectivity index (χ1) is 5.75. The first-order valence-electron chi connectivity index (χ1n) is 4.65. The lowest BCUT2D eigenvalue weighted by Crippen LogP contribution is -2.29. The van der Waals surface area contributed by atoms with Gasteiger partial charge >= 0.3 is 0 Å². The predicted octanol–water partition coefficient (Wildman–Crippen LogP) is 2.67. The Kier molecular flexibility index (Phi) is 3.10. The number of allylic oxidation sites excluding steroid dienone is 1. The van der Waals surface area contributed by atoms with Gasteiger partial charge in [0.1, 0.15) is 0 Å². The molecule has 68 valence electrons. The second-order valence-corrected chi connectivity index (χ2v) is 3.74. The minimum Gasteiger partial charge on any atom is -0.395 e. The lowest BCUT2D eigenvalue weighted by atomic mass is 9.69. The minimum atomic E-state index is -0.0278. The van der Waals surface area contributed by atoms with Crippen LogP contribution in [0.1, 0.15) is 32.1 Å². The van der Waals surface area contributed by atoms with E-state index >= 15 is 0 Å². The quantitative estimate of drug-likeness (QED) is 0.639. The molecule has 0 aromatic carbocycles. The monoisotopic (exact) mass is 166 g/mol. The highest BCUT2D eigenvalue weighted by molar-refractivity contribution is 5.14. The lowest BCUT2D eigenvalue weighted by molar-refractivity contribution is 0.133. The van der Waals surface area contributed by atoms with E-state index in [1.54, 1.807) is 0 Å². The van der Waals surface area contributed by atoms with E-state index < -0.39 is 0 Å². The number of aliphatic hydroxyl groups excluding tert-OH is 1. The Morgan fingerprint density at radius 3 is 2.75 bits per heavy atom.